The lowest BCUT2D eigenvalue weighted by atomic mass is 9.99. The van der Waals surface area contributed by atoms with Gasteiger partial charge in [-0.2, -0.15) is 0 Å². The predicted molar refractivity (Wildman–Crippen MR) is 68.1 cm³/mol. The zero-order chi connectivity index (χ0) is 13.0. The first-order valence-corrected chi connectivity index (χ1v) is 6.41. The lowest BCUT2D eigenvalue weighted by molar-refractivity contribution is 0.101. The molecule has 1 aliphatic rings. The van der Waals surface area contributed by atoms with Gasteiger partial charge in [-0.05, 0) is 43.9 Å². The van der Waals surface area contributed by atoms with E-state index in [4.69, 9.17) is 15.2 Å². The summed E-state index contributed by atoms with van der Waals surface area (Å²) in [4.78, 5) is 0. The third-order valence-corrected chi connectivity index (χ3v) is 3.41. The number of benzene rings is 1. The van der Waals surface area contributed by atoms with Crippen LogP contribution in [0.5, 0.6) is 5.75 Å². The van der Waals surface area contributed by atoms with E-state index >= 15 is 0 Å². The smallest absolute Gasteiger partial charge is 0.123 e. The molecule has 1 aliphatic heterocycles. The van der Waals surface area contributed by atoms with Gasteiger partial charge in [0, 0.05) is 18.2 Å². The number of rotatable bonds is 5. The van der Waals surface area contributed by atoms with Crippen molar-refractivity contribution in [3.8, 4) is 5.75 Å². The van der Waals surface area contributed by atoms with E-state index < -0.39 is 0 Å². The predicted octanol–water partition coefficient (Wildman–Crippen LogP) is 2.79. The Morgan fingerprint density at radius 3 is 3.06 bits per heavy atom. The Morgan fingerprint density at radius 1 is 1.56 bits per heavy atom. The van der Waals surface area contributed by atoms with Gasteiger partial charge in [0.15, 0.2) is 0 Å². The molecule has 3 nitrogen and oxygen atoms in total. The van der Waals surface area contributed by atoms with E-state index in [1.165, 1.54) is 12.1 Å². The first kappa shape index (κ1) is 13.3. The van der Waals surface area contributed by atoms with Crippen LogP contribution in [0.25, 0.3) is 0 Å². The summed E-state index contributed by atoms with van der Waals surface area (Å²) in [5.74, 6) is 0.370. The van der Waals surface area contributed by atoms with Crippen molar-refractivity contribution >= 4 is 0 Å². The Morgan fingerprint density at radius 2 is 2.39 bits per heavy atom. The highest BCUT2D eigenvalue weighted by Gasteiger charge is 2.19. The Hall–Kier alpha value is -1.13. The van der Waals surface area contributed by atoms with Crippen LogP contribution in [-0.4, -0.2) is 19.8 Å². The summed E-state index contributed by atoms with van der Waals surface area (Å²) in [5.41, 5.74) is 6.85. The van der Waals surface area contributed by atoms with Crippen molar-refractivity contribution in [3.05, 3.63) is 29.6 Å². The largest absolute Gasteiger partial charge is 0.496 e. The number of hydrogen-bond acceptors (Lipinski definition) is 3. The molecule has 0 amide bonds. The summed E-state index contributed by atoms with van der Waals surface area (Å²) in [6, 6.07) is 4.25. The molecule has 0 radical (unpaired) electrons. The molecule has 1 saturated heterocycles. The Bertz CT molecular complexity index is 391. The van der Waals surface area contributed by atoms with Gasteiger partial charge in [0.2, 0.25) is 0 Å². The van der Waals surface area contributed by atoms with Crippen LogP contribution in [0.1, 0.15) is 37.3 Å². The molecule has 1 aromatic carbocycles. The van der Waals surface area contributed by atoms with E-state index in [0.29, 0.717) is 11.9 Å². The van der Waals surface area contributed by atoms with E-state index in [1.54, 1.807) is 13.2 Å². The molecular weight excluding hydrogens is 233 g/mol. The first-order valence-electron chi connectivity index (χ1n) is 6.41. The summed E-state index contributed by atoms with van der Waals surface area (Å²) >= 11 is 0. The minimum Gasteiger partial charge on any atom is -0.496 e. The summed E-state index contributed by atoms with van der Waals surface area (Å²) in [6.45, 7) is 0.850. The third kappa shape index (κ3) is 3.21. The number of halogens is 1. The van der Waals surface area contributed by atoms with Gasteiger partial charge in [-0.3, -0.25) is 0 Å². The van der Waals surface area contributed by atoms with Crippen LogP contribution in [0.4, 0.5) is 4.39 Å². The van der Waals surface area contributed by atoms with Gasteiger partial charge in [-0.1, -0.05) is 0 Å². The van der Waals surface area contributed by atoms with E-state index in [-0.39, 0.29) is 11.9 Å². The first-order chi connectivity index (χ1) is 8.70. The Balaban J connectivity index is 1.98. The Kier molecular flexibility index (Phi) is 4.55. The van der Waals surface area contributed by atoms with E-state index in [9.17, 15) is 4.39 Å². The quantitative estimate of drug-likeness (QED) is 0.877. The number of methoxy groups -OCH3 is 1. The SMILES string of the molecule is COc1ccc(F)cc1C(N)CCC1CCCO1. The Labute approximate surface area is 107 Å². The molecule has 0 saturated carbocycles. The van der Waals surface area contributed by atoms with Gasteiger partial charge in [-0.25, -0.2) is 4.39 Å². The summed E-state index contributed by atoms with van der Waals surface area (Å²) in [5, 5.41) is 0. The fourth-order valence-corrected chi connectivity index (χ4v) is 2.39. The minimum atomic E-state index is -0.279. The normalized spacial score (nSPS) is 20.9. The maximum absolute atomic E-state index is 13.2. The maximum Gasteiger partial charge on any atom is 0.123 e. The van der Waals surface area contributed by atoms with E-state index in [2.05, 4.69) is 0 Å². The van der Waals surface area contributed by atoms with E-state index in [0.717, 1.165) is 37.9 Å². The van der Waals surface area contributed by atoms with Crippen LogP contribution < -0.4 is 10.5 Å². The monoisotopic (exact) mass is 253 g/mol. The van der Waals surface area contributed by atoms with Crippen molar-refractivity contribution in [2.45, 2.75) is 37.8 Å². The van der Waals surface area contributed by atoms with Gasteiger partial charge in [0.05, 0.1) is 13.2 Å². The summed E-state index contributed by atoms with van der Waals surface area (Å²) < 4.78 is 24.0. The molecule has 0 aromatic heterocycles. The van der Waals surface area contributed by atoms with Crippen molar-refractivity contribution in [1.82, 2.24) is 0 Å². The summed E-state index contributed by atoms with van der Waals surface area (Å²) in [6.07, 6.45) is 4.25. The van der Waals surface area contributed by atoms with Gasteiger partial charge in [0.25, 0.3) is 0 Å². The fourth-order valence-electron chi connectivity index (χ4n) is 2.39. The maximum atomic E-state index is 13.2. The highest BCUT2D eigenvalue weighted by Crippen LogP contribution is 2.29. The van der Waals surface area contributed by atoms with Crippen LogP contribution >= 0.6 is 0 Å². The number of hydrogen-bond donors (Lipinski definition) is 1. The molecule has 100 valence electrons. The average Bonchev–Trinajstić information content (AvgIpc) is 2.89. The molecule has 0 aliphatic carbocycles. The average molecular weight is 253 g/mol. The van der Waals surface area contributed by atoms with Crippen LogP contribution in [-0.2, 0) is 4.74 Å². The second-order valence-corrected chi connectivity index (χ2v) is 4.71. The van der Waals surface area contributed by atoms with Gasteiger partial charge >= 0.3 is 0 Å². The van der Waals surface area contributed by atoms with Crippen molar-refractivity contribution in [3.63, 3.8) is 0 Å². The molecular formula is C14H20FNO2. The topological polar surface area (TPSA) is 44.5 Å². The molecule has 2 N–H and O–H groups in total. The molecule has 1 fully saturated rings. The standard InChI is InChI=1S/C14H20FNO2/c1-17-14-7-4-10(15)9-12(14)13(16)6-5-11-3-2-8-18-11/h4,7,9,11,13H,2-3,5-6,8,16H2,1H3. The molecule has 4 heteroatoms. The van der Waals surface area contributed by atoms with Gasteiger partial charge in [0.1, 0.15) is 11.6 Å². The zero-order valence-corrected chi connectivity index (χ0v) is 10.7. The molecule has 1 heterocycles. The zero-order valence-electron chi connectivity index (χ0n) is 10.7. The van der Waals surface area contributed by atoms with Crippen molar-refractivity contribution in [1.29, 1.82) is 0 Å². The lowest BCUT2D eigenvalue weighted by Crippen LogP contribution is -2.15. The van der Waals surface area contributed by atoms with Crippen LogP contribution in [0.15, 0.2) is 18.2 Å². The molecule has 2 unspecified atom stereocenters. The van der Waals surface area contributed by atoms with Crippen molar-refractivity contribution in [2.75, 3.05) is 13.7 Å². The van der Waals surface area contributed by atoms with Crippen molar-refractivity contribution < 1.29 is 13.9 Å². The second kappa shape index (κ2) is 6.16. The van der Waals surface area contributed by atoms with Crippen molar-refractivity contribution in [2.24, 2.45) is 5.73 Å². The highest BCUT2D eigenvalue weighted by molar-refractivity contribution is 5.36. The molecule has 2 atom stereocenters. The van der Waals surface area contributed by atoms with Gasteiger partial charge < -0.3 is 15.2 Å². The molecule has 0 bridgehead atoms. The fraction of sp³-hybridized carbons (Fsp3) is 0.571. The molecule has 18 heavy (non-hydrogen) atoms. The molecule has 1 aromatic rings. The van der Waals surface area contributed by atoms with Crippen LogP contribution in [0.3, 0.4) is 0 Å². The minimum absolute atomic E-state index is 0.208. The summed E-state index contributed by atoms with van der Waals surface area (Å²) in [7, 11) is 1.57. The number of ether oxygens (including phenoxy) is 2. The lowest BCUT2D eigenvalue weighted by Gasteiger charge is -2.17. The molecule has 0 spiro atoms. The van der Waals surface area contributed by atoms with Crippen LogP contribution in [0.2, 0.25) is 0 Å². The number of nitrogens with two attached hydrogens (primary N) is 1. The third-order valence-electron chi connectivity index (χ3n) is 3.41. The second-order valence-electron chi connectivity index (χ2n) is 4.71. The van der Waals surface area contributed by atoms with Crippen LogP contribution in [0, 0.1) is 5.82 Å². The molecule has 2 rings (SSSR count). The van der Waals surface area contributed by atoms with E-state index in [1.807, 2.05) is 0 Å². The highest BCUT2D eigenvalue weighted by atomic mass is 19.1. The van der Waals surface area contributed by atoms with Gasteiger partial charge in [-0.15, -0.1) is 0 Å².